The van der Waals surface area contributed by atoms with Crippen LogP contribution in [0, 0.1) is 23.7 Å². The fraction of sp³-hybridized carbons (Fsp3) is 0.714. The number of amides is 1. The van der Waals surface area contributed by atoms with Crippen molar-refractivity contribution in [1.82, 2.24) is 15.1 Å². The Morgan fingerprint density at radius 1 is 1.47 bits per heavy atom. The average Bonchev–Trinajstić information content (AvgIpc) is 2.79. The SMILES string of the molecule is CCn1cc(N)c(C(=O)NC2C3C4CCC(C4)C23)n1. The minimum atomic E-state index is -0.0940. The van der Waals surface area contributed by atoms with Crippen LogP contribution in [0.4, 0.5) is 5.69 Å². The summed E-state index contributed by atoms with van der Waals surface area (Å²) in [5.41, 5.74) is 6.72. The predicted octanol–water partition coefficient (Wildman–Crippen LogP) is 1.26. The molecule has 3 fully saturated rings. The number of aromatic nitrogens is 2. The minimum Gasteiger partial charge on any atom is -0.396 e. The molecule has 4 atom stereocenters. The zero-order valence-electron chi connectivity index (χ0n) is 11.2. The zero-order valence-corrected chi connectivity index (χ0v) is 11.2. The summed E-state index contributed by atoms with van der Waals surface area (Å²) < 4.78 is 1.71. The molecule has 2 bridgehead atoms. The Labute approximate surface area is 112 Å². The molecule has 0 saturated heterocycles. The first-order valence-corrected chi connectivity index (χ1v) is 7.32. The number of nitrogens with two attached hydrogens (primary N) is 1. The van der Waals surface area contributed by atoms with E-state index in [9.17, 15) is 4.79 Å². The van der Waals surface area contributed by atoms with Gasteiger partial charge in [0.15, 0.2) is 5.69 Å². The molecule has 5 nitrogen and oxygen atoms in total. The molecule has 1 heterocycles. The summed E-state index contributed by atoms with van der Waals surface area (Å²) in [6, 6.07) is 0.393. The Kier molecular flexibility index (Phi) is 2.23. The number of nitrogens with one attached hydrogen (secondary N) is 1. The largest absolute Gasteiger partial charge is 0.396 e. The molecule has 1 aromatic rings. The van der Waals surface area contributed by atoms with Crippen LogP contribution in [0.1, 0.15) is 36.7 Å². The van der Waals surface area contributed by atoms with E-state index in [1.165, 1.54) is 19.3 Å². The summed E-state index contributed by atoms with van der Waals surface area (Å²) in [5, 5.41) is 7.39. The molecular weight excluding hydrogens is 240 g/mol. The Hall–Kier alpha value is -1.52. The molecule has 102 valence electrons. The lowest BCUT2D eigenvalue weighted by molar-refractivity contribution is 0.0939. The van der Waals surface area contributed by atoms with Gasteiger partial charge in [0.25, 0.3) is 5.91 Å². The first kappa shape index (κ1) is 11.3. The summed E-state index contributed by atoms with van der Waals surface area (Å²) in [7, 11) is 0. The fourth-order valence-corrected chi connectivity index (χ4v) is 4.51. The summed E-state index contributed by atoms with van der Waals surface area (Å²) in [4.78, 5) is 12.2. The number of fused-ring (bicyclic) bond motifs is 5. The van der Waals surface area contributed by atoms with Crippen molar-refractivity contribution in [1.29, 1.82) is 0 Å². The van der Waals surface area contributed by atoms with Gasteiger partial charge in [0.2, 0.25) is 0 Å². The van der Waals surface area contributed by atoms with E-state index in [0.29, 0.717) is 17.4 Å². The van der Waals surface area contributed by atoms with Gasteiger partial charge in [-0.05, 0) is 49.9 Å². The Morgan fingerprint density at radius 2 is 2.16 bits per heavy atom. The molecule has 1 aromatic heterocycles. The molecule has 4 rings (SSSR count). The highest BCUT2D eigenvalue weighted by molar-refractivity contribution is 5.97. The Balaban J connectivity index is 1.46. The second kappa shape index (κ2) is 3.74. The lowest BCUT2D eigenvalue weighted by atomic mass is 10.0. The summed E-state index contributed by atoms with van der Waals surface area (Å²) in [5.74, 6) is 3.13. The van der Waals surface area contributed by atoms with Crippen LogP contribution < -0.4 is 11.1 Å². The van der Waals surface area contributed by atoms with Crippen molar-refractivity contribution < 1.29 is 4.79 Å². The smallest absolute Gasteiger partial charge is 0.274 e. The molecule has 4 unspecified atom stereocenters. The van der Waals surface area contributed by atoms with Gasteiger partial charge in [-0.1, -0.05) is 0 Å². The third kappa shape index (κ3) is 1.53. The van der Waals surface area contributed by atoms with Gasteiger partial charge in [0, 0.05) is 18.8 Å². The molecule has 0 spiro atoms. The fourth-order valence-electron chi connectivity index (χ4n) is 4.51. The van der Waals surface area contributed by atoms with E-state index in [0.717, 1.165) is 30.2 Å². The second-order valence-corrected chi connectivity index (χ2v) is 6.28. The van der Waals surface area contributed by atoms with E-state index < -0.39 is 0 Å². The molecule has 0 radical (unpaired) electrons. The minimum absolute atomic E-state index is 0.0940. The lowest BCUT2D eigenvalue weighted by Gasteiger charge is -2.09. The van der Waals surface area contributed by atoms with E-state index in [-0.39, 0.29) is 5.91 Å². The number of carbonyl (C=O) groups excluding carboxylic acids is 1. The average molecular weight is 260 g/mol. The van der Waals surface area contributed by atoms with Crippen LogP contribution >= 0.6 is 0 Å². The third-order valence-corrected chi connectivity index (χ3v) is 5.36. The number of hydrogen-bond donors (Lipinski definition) is 2. The van der Waals surface area contributed by atoms with Gasteiger partial charge in [-0.15, -0.1) is 0 Å². The summed E-state index contributed by atoms with van der Waals surface area (Å²) in [6.45, 7) is 2.72. The van der Waals surface area contributed by atoms with Crippen LogP contribution in [0.2, 0.25) is 0 Å². The van der Waals surface area contributed by atoms with Crippen molar-refractivity contribution in [3.05, 3.63) is 11.9 Å². The van der Waals surface area contributed by atoms with Gasteiger partial charge in [0.05, 0.1) is 5.69 Å². The number of aryl methyl sites for hydroxylation is 1. The third-order valence-electron chi connectivity index (χ3n) is 5.36. The maximum absolute atomic E-state index is 12.2. The lowest BCUT2D eigenvalue weighted by Crippen LogP contribution is -2.30. The van der Waals surface area contributed by atoms with Crippen LogP contribution in [0.25, 0.3) is 0 Å². The second-order valence-electron chi connectivity index (χ2n) is 6.28. The highest BCUT2D eigenvalue weighted by Crippen LogP contribution is 2.65. The number of carbonyl (C=O) groups is 1. The van der Waals surface area contributed by atoms with Crippen LogP contribution in [-0.2, 0) is 6.54 Å². The highest BCUT2D eigenvalue weighted by Gasteiger charge is 2.65. The van der Waals surface area contributed by atoms with E-state index in [2.05, 4.69) is 10.4 Å². The zero-order chi connectivity index (χ0) is 13.1. The molecule has 1 amide bonds. The Morgan fingerprint density at radius 3 is 2.74 bits per heavy atom. The normalized spacial score (nSPS) is 38.3. The van der Waals surface area contributed by atoms with Crippen molar-refractivity contribution in [2.24, 2.45) is 23.7 Å². The van der Waals surface area contributed by atoms with Gasteiger partial charge >= 0.3 is 0 Å². The van der Waals surface area contributed by atoms with Crippen molar-refractivity contribution in [3.8, 4) is 0 Å². The Bertz CT molecular complexity index is 522. The van der Waals surface area contributed by atoms with Gasteiger partial charge in [-0.3, -0.25) is 9.48 Å². The molecule has 5 heteroatoms. The van der Waals surface area contributed by atoms with Crippen LogP contribution in [-0.4, -0.2) is 21.7 Å². The van der Waals surface area contributed by atoms with Crippen molar-refractivity contribution in [2.45, 2.75) is 38.8 Å². The molecule has 19 heavy (non-hydrogen) atoms. The summed E-state index contributed by atoms with van der Waals surface area (Å²) in [6.07, 6.45) is 5.86. The van der Waals surface area contributed by atoms with E-state index in [1.54, 1.807) is 10.9 Å². The van der Waals surface area contributed by atoms with Gasteiger partial charge in [-0.2, -0.15) is 5.10 Å². The maximum atomic E-state index is 12.2. The van der Waals surface area contributed by atoms with Crippen LogP contribution in [0.5, 0.6) is 0 Å². The van der Waals surface area contributed by atoms with Crippen LogP contribution in [0.3, 0.4) is 0 Å². The first-order valence-electron chi connectivity index (χ1n) is 7.32. The quantitative estimate of drug-likeness (QED) is 0.859. The topological polar surface area (TPSA) is 72.9 Å². The van der Waals surface area contributed by atoms with E-state index in [4.69, 9.17) is 5.73 Å². The van der Waals surface area contributed by atoms with E-state index in [1.807, 2.05) is 6.92 Å². The molecule has 3 aliphatic rings. The highest BCUT2D eigenvalue weighted by atomic mass is 16.2. The van der Waals surface area contributed by atoms with Gasteiger partial charge in [-0.25, -0.2) is 0 Å². The van der Waals surface area contributed by atoms with E-state index >= 15 is 0 Å². The number of nitrogens with zero attached hydrogens (tertiary/aromatic N) is 2. The molecule has 3 aliphatic carbocycles. The standard InChI is InChI=1S/C14H20N4O/c1-2-18-6-9(15)12(17-18)14(19)16-13-10-7-3-4-8(5-7)11(10)13/h6-8,10-11,13H,2-5,15H2,1H3,(H,16,19). The molecule has 0 aliphatic heterocycles. The molecular formula is C14H20N4O. The maximum Gasteiger partial charge on any atom is 0.274 e. The van der Waals surface area contributed by atoms with Crippen molar-refractivity contribution in [3.63, 3.8) is 0 Å². The molecule has 0 aromatic carbocycles. The number of anilines is 1. The van der Waals surface area contributed by atoms with Crippen LogP contribution in [0.15, 0.2) is 6.20 Å². The van der Waals surface area contributed by atoms with Crippen molar-refractivity contribution >= 4 is 11.6 Å². The van der Waals surface area contributed by atoms with Gasteiger partial charge < -0.3 is 11.1 Å². The number of rotatable bonds is 3. The molecule has 3 N–H and O–H groups in total. The number of hydrogen-bond acceptors (Lipinski definition) is 3. The summed E-state index contributed by atoms with van der Waals surface area (Å²) >= 11 is 0. The van der Waals surface area contributed by atoms with Crippen molar-refractivity contribution in [2.75, 3.05) is 5.73 Å². The monoisotopic (exact) mass is 260 g/mol. The first-order chi connectivity index (χ1) is 9.19. The number of nitrogen functional groups attached to an aromatic ring is 1. The molecule has 3 saturated carbocycles. The predicted molar refractivity (Wildman–Crippen MR) is 71.4 cm³/mol. The van der Waals surface area contributed by atoms with Gasteiger partial charge in [0.1, 0.15) is 0 Å².